The van der Waals surface area contributed by atoms with Gasteiger partial charge >= 0.3 is 19.8 Å². The number of hydrogen-bond donors (Lipinski definition) is 0. The minimum absolute atomic E-state index is 0. The van der Waals surface area contributed by atoms with Gasteiger partial charge in [-0.3, -0.25) is 0 Å². The van der Waals surface area contributed by atoms with Gasteiger partial charge in [-0.05, 0) is 0 Å². The van der Waals surface area contributed by atoms with Gasteiger partial charge in [-0.25, -0.2) is 0 Å². The van der Waals surface area contributed by atoms with E-state index in [-0.39, 0.29) is 37.2 Å². The standard InChI is InChI=1S/Al.Ga.H4P2.6H/c;;1-2;;;;;;/h;;1-2H2;;;;;;. The van der Waals surface area contributed by atoms with Crippen LogP contribution in [0.2, 0.25) is 0 Å². The summed E-state index contributed by atoms with van der Waals surface area (Å²) in [4.78, 5) is 0. The molecule has 0 nitrogen and oxygen atoms in total. The van der Waals surface area contributed by atoms with Crippen LogP contribution in [0.15, 0.2) is 0 Å². The predicted octanol–water partition coefficient (Wildman–Crippen LogP) is -1.72. The van der Waals surface area contributed by atoms with Crippen LogP contribution in [0, 0.1) is 0 Å². The van der Waals surface area contributed by atoms with Crippen LogP contribution in [0.3, 0.4) is 0 Å². The van der Waals surface area contributed by atoms with E-state index >= 15 is 0 Å². The van der Waals surface area contributed by atoms with Crippen LogP contribution in [0.25, 0.3) is 0 Å². The topological polar surface area (TPSA) is 0 Å². The van der Waals surface area contributed by atoms with E-state index in [1.807, 2.05) is 0 Å². The molecule has 0 aromatic carbocycles. The zero-order valence-electron chi connectivity index (χ0n) is 1.15. The van der Waals surface area contributed by atoms with Crippen molar-refractivity contribution in [1.29, 1.82) is 0 Å². The van der Waals surface area contributed by atoms with Crippen molar-refractivity contribution in [3.05, 3.63) is 0 Å². The van der Waals surface area contributed by atoms with Crippen molar-refractivity contribution in [2.24, 2.45) is 0 Å². The summed E-state index contributed by atoms with van der Waals surface area (Å²) in [5, 5.41) is 0. The van der Waals surface area contributed by atoms with Crippen LogP contribution in [0.4, 0.5) is 0 Å². The normalized spacial score (nSPS) is 1.50. The molecule has 26 valence electrons. The van der Waals surface area contributed by atoms with Gasteiger partial charge < -0.3 is 0 Å². The molecule has 0 bridgehead atoms. The summed E-state index contributed by atoms with van der Waals surface area (Å²) < 4.78 is 0. The fourth-order valence-electron chi connectivity index (χ4n) is 0. The Morgan fingerprint density at radius 2 is 1.00 bits per heavy atom. The molecule has 0 amide bonds. The Hall–Kier alpha value is 2.03. The van der Waals surface area contributed by atoms with Gasteiger partial charge in [0.2, 0.25) is 0 Å². The molecule has 4 heavy (non-hydrogen) atoms. The summed E-state index contributed by atoms with van der Waals surface area (Å²) in [6.07, 6.45) is 0. The molecule has 0 aliphatic carbocycles. The molecule has 0 N–H and O–H groups in total. The van der Waals surface area contributed by atoms with Crippen LogP contribution >= 0.6 is 17.9 Å². The van der Waals surface area contributed by atoms with Gasteiger partial charge in [0.1, 0.15) is 0 Å². The van der Waals surface area contributed by atoms with Crippen molar-refractivity contribution in [3.63, 3.8) is 0 Å². The van der Waals surface area contributed by atoms with Crippen LogP contribution in [0.1, 0.15) is 0 Å². The second kappa shape index (κ2) is 19.8. The fourth-order valence-corrected chi connectivity index (χ4v) is 0. The molecule has 0 fully saturated rings. The molecule has 0 radical (unpaired) electrons. The first kappa shape index (κ1) is 16.6. The van der Waals surface area contributed by atoms with Gasteiger partial charge in [0.15, 0.2) is 17.4 Å². The first-order valence-corrected chi connectivity index (χ1v) is 3.00. The maximum atomic E-state index is 2.33. The fraction of sp³-hybridized carbons (Fsp3) is 0. The van der Waals surface area contributed by atoms with Crippen LogP contribution < -0.4 is 0 Å². The van der Waals surface area contributed by atoms with Crippen molar-refractivity contribution in [2.45, 2.75) is 0 Å². The van der Waals surface area contributed by atoms with Crippen LogP contribution in [-0.2, 0) is 0 Å². The van der Waals surface area contributed by atoms with Crippen molar-refractivity contribution in [1.82, 2.24) is 0 Å². The summed E-state index contributed by atoms with van der Waals surface area (Å²) in [5.41, 5.74) is 0. The summed E-state index contributed by atoms with van der Waals surface area (Å²) in [7, 11) is 4.67. The average Bonchev–Trinajstić information content (AvgIpc) is 1.00. The van der Waals surface area contributed by atoms with Crippen molar-refractivity contribution in [2.75, 3.05) is 0 Å². The Kier molecular flexibility index (Phi) is 82.4. The zero-order valence-corrected chi connectivity index (χ0v) is 3.46. The third-order valence-corrected chi connectivity index (χ3v) is 0. The van der Waals surface area contributed by atoms with E-state index in [9.17, 15) is 0 Å². The third kappa shape index (κ3) is 8.98. The van der Waals surface area contributed by atoms with Gasteiger partial charge in [-0.1, -0.05) is 0 Å². The van der Waals surface area contributed by atoms with Crippen LogP contribution in [0.5, 0.6) is 0 Å². The molecule has 0 heterocycles. The Morgan fingerprint density at radius 1 is 1.00 bits per heavy atom. The summed E-state index contributed by atoms with van der Waals surface area (Å²) in [6, 6.07) is 0. The zero-order chi connectivity index (χ0) is 2.00. The molecule has 2 unspecified atom stereocenters. The van der Waals surface area contributed by atoms with E-state index in [4.69, 9.17) is 0 Å². The summed E-state index contributed by atoms with van der Waals surface area (Å²) in [6.45, 7) is 0. The summed E-state index contributed by atoms with van der Waals surface area (Å²) in [5.74, 6) is 0. The second-order valence-electron chi connectivity index (χ2n) is 0. The van der Waals surface area contributed by atoms with E-state index in [1.165, 1.54) is 0 Å². The molecule has 2 atom stereocenters. The second-order valence-corrected chi connectivity index (χ2v) is 0. The van der Waals surface area contributed by atoms with Crippen molar-refractivity contribution >= 4 is 55.0 Å². The first-order valence-electron chi connectivity index (χ1n) is 0.333. The number of hydrogen-bond acceptors (Lipinski definition) is 0. The first-order chi connectivity index (χ1) is 1.00. The molecule has 0 spiro atoms. The Balaban J connectivity index is -0.00000000500. The van der Waals surface area contributed by atoms with E-state index in [0.29, 0.717) is 0 Å². The van der Waals surface area contributed by atoms with Gasteiger partial charge in [0.05, 0.1) is 0 Å². The molecule has 0 saturated carbocycles. The van der Waals surface area contributed by atoms with Gasteiger partial charge in [0.25, 0.3) is 0 Å². The van der Waals surface area contributed by atoms with E-state index < -0.39 is 0 Å². The minimum atomic E-state index is 0. The predicted molar refractivity (Wildman–Crippen MR) is 39.3 cm³/mol. The molecular formula is H10AlGaP2. The molecule has 0 aliphatic heterocycles. The van der Waals surface area contributed by atoms with E-state index in [2.05, 4.69) is 17.9 Å². The van der Waals surface area contributed by atoms with Crippen LogP contribution in [-0.4, -0.2) is 37.2 Å². The Bertz CT molecular complexity index is 6.00. The van der Waals surface area contributed by atoms with Crippen molar-refractivity contribution < 1.29 is 0 Å². The molecule has 0 aliphatic rings. The third-order valence-electron chi connectivity index (χ3n) is 0. The molecule has 0 saturated heterocycles. The Morgan fingerprint density at radius 3 is 1.00 bits per heavy atom. The quantitative estimate of drug-likeness (QED) is 0.299. The molecule has 0 aromatic heterocycles. The molecular weight excluding hydrogens is 159 g/mol. The summed E-state index contributed by atoms with van der Waals surface area (Å²) >= 11 is 0. The van der Waals surface area contributed by atoms with Gasteiger partial charge in [-0.15, -0.1) is 17.9 Å². The van der Waals surface area contributed by atoms with Crippen molar-refractivity contribution in [3.8, 4) is 0 Å². The van der Waals surface area contributed by atoms with Gasteiger partial charge in [0, 0.05) is 0 Å². The van der Waals surface area contributed by atoms with Gasteiger partial charge in [-0.2, -0.15) is 0 Å². The number of rotatable bonds is 0. The molecule has 0 aromatic rings. The molecule has 0 rings (SSSR count). The maximum absolute atomic E-state index is 2.33. The monoisotopic (exact) mass is 168 g/mol. The SMILES string of the molecule is PP.[AlH3].[GaH3]. The van der Waals surface area contributed by atoms with E-state index in [0.717, 1.165) is 0 Å². The average molecular weight is 169 g/mol. The van der Waals surface area contributed by atoms with E-state index in [1.54, 1.807) is 0 Å². The Labute approximate surface area is 55.0 Å². The molecule has 4 heteroatoms.